The zero-order valence-electron chi connectivity index (χ0n) is 16.4. The van der Waals surface area contributed by atoms with Crippen molar-refractivity contribution in [3.8, 4) is 0 Å². The van der Waals surface area contributed by atoms with Gasteiger partial charge in [-0.1, -0.05) is 18.2 Å². The fourth-order valence-corrected chi connectivity index (χ4v) is 4.34. The van der Waals surface area contributed by atoms with Crippen molar-refractivity contribution < 1.29 is 14.8 Å². The number of fused-ring (bicyclic) bond motifs is 5. The van der Waals surface area contributed by atoms with E-state index < -0.39 is 6.10 Å². The molecule has 8 heteroatoms. The lowest BCUT2D eigenvalue weighted by molar-refractivity contribution is -0.384. The number of non-ortho nitro benzene ring substituents is 1. The van der Waals surface area contributed by atoms with Gasteiger partial charge in [-0.3, -0.25) is 14.9 Å². The number of nitro benzene ring substituents is 1. The molecule has 4 rings (SSSR count). The van der Waals surface area contributed by atoms with Crippen LogP contribution in [0, 0.1) is 10.1 Å². The van der Waals surface area contributed by atoms with Crippen LogP contribution < -0.4 is 15.1 Å². The van der Waals surface area contributed by atoms with Gasteiger partial charge in [0.15, 0.2) is 0 Å². The minimum Gasteiger partial charge on any atom is -0.384 e. The molecule has 0 saturated carbocycles. The Hall–Kier alpha value is -3.13. The maximum absolute atomic E-state index is 12.0. The quantitative estimate of drug-likeness (QED) is 0.611. The van der Waals surface area contributed by atoms with Crippen LogP contribution in [0.1, 0.15) is 31.4 Å². The number of benzene rings is 2. The molecule has 1 unspecified atom stereocenters. The molecule has 0 bridgehead atoms. The Morgan fingerprint density at radius 1 is 1.24 bits per heavy atom. The van der Waals surface area contributed by atoms with Crippen LogP contribution in [0.4, 0.5) is 22.7 Å². The summed E-state index contributed by atoms with van der Waals surface area (Å²) >= 11 is 0. The third kappa shape index (κ3) is 3.40. The highest BCUT2D eigenvalue weighted by Crippen LogP contribution is 2.48. The summed E-state index contributed by atoms with van der Waals surface area (Å²) in [4.78, 5) is 27.2. The zero-order valence-corrected chi connectivity index (χ0v) is 16.4. The average Bonchev–Trinajstić information content (AvgIpc) is 2.81. The van der Waals surface area contributed by atoms with Crippen LogP contribution in [0.25, 0.3) is 0 Å². The molecule has 0 radical (unpaired) electrons. The summed E-state index contributed by atoms with van der Waals surface area (Å²) < 4.78 is 0. The number of nitrogens with one attached hydrogen (secondary N) is 1. The van der Waals surface area contributed by atoms with Crippen molar-refractivity contribution in [2.45, 2.75) is 38.0 Å². The van der Waals surface area contributed by atoms with Crippen molar-refractivity contribution >= 4 is 28.7 Å². The predicted octanol–water partition coefficient (Wildman–Crippen LogP) is 2.88. The molecule has 1 saturated heterocycles. The summed E-state index contributed by atoms with van der Waals surface area (Å²) in [5.74, 6) is -0.362. The minimum absolute atomic E-state index is 0.0180. The van der Waals surface area contributed by atoms with Crippen LogP contribution in [0.3, 0.4) is 0 Å². The number of nitro groups is 1. The number of nitrogens with zero attached hydrogens (tertiary/aromatic N) is 3. The fraction of sp³-hybridized carbons (Fsp3) is 0.381. The van der Waals surface area contributed by atoms with Crippen LogP contribution in [-0.2, 0) is 4.79 Å². The number of carbonyl (C=O) groups excluding carboxylic acids is 1. The molecule has 2 aromatic rings. The molecule has 3 atom stereocenters. The van der Waals surface area contributed by atoms with Gasteiger partial charge in [-0.2, -0.15) is 0 Å². The topological polar surface area (TPSA) is 99.0 Å². The number of rotatable bonds is 3. The van der Waals surface area contributed by atoms with Crippen molar-refractivity contribution in [3.63, 3.8) is 0 Å². The van der Waals surface area contributed by atoms with Crippen molar-refractivity contribution in [3.05, 3.63) is 58.1 Å². The van der Waals surface area contributed by atoms with E-state index in [1.807, 2.05) is 36.2 Å². The highest BCUT2D eigenvalue weighted by molar-refractivity contribution is 5.84. The van der Waals surface area contributed by atoms with Crippen LogP contribution in [0.5, 0.6) is 0 Å². The summed E-state index contributed by atoms with van der Waals surface area (Å²) in [5, 5.41) is 23.8. The summed E-state index contributed by atoms with van der Waals surface area (Å²) in [6.45, 7) is 2.16. The minimum atomic E-state index is -1.04. The van der Waals surface area contributed by atoms with Crippen LogP contribution in [0.15, 0.2) is 42.5 Å². The van der Waals surface area contributed by atoms with Gasteiger partial charge >= 0.3 is 0 Å². The van der Waals surface area contributed by atoms with Gasteiger partial charge in [0.1, 0.15) is 6.10 Å². The van der Waals surface area contributed by atoms with Gasteiger partial charge in [0, 0.05) is 37.5 Å². The Bertz CT molecular complexity index is 961. The maximum Gasteiger partial charge on any atom is 0.271 e. The van der Waals surface area contributed by atoms with Gasteiger partial charge in [0.05, 0.1) is 22.3 Å². The van der Waals surface area contributed by atoms with Crippen molar-refractivity contribution in [2.75, 3.05) is 23.4 Å². The Labute approximate surface area is 168 Å². The molecule has 0 aliphatic carbocycles. The van der Waals surface area contributed by atoms with Gasteiger partial charge in [-0.05, 0) is 37.5 Å². The first-order chi connectivity index (χ1) is 13.9. The summed E-state index contributed by atoms with van der Waals surface area (Å²) in [6.07, 6.45) is 0.388. The van der Waals surface area contributed by atoms with E-state index in [1.54, 1.807) is 12.1 Å². The molecule has 2 N–H and O–H groups in total. The SMILES string of the molecule is CC(O)C(=O)N[C@H]1CCN2c3ccc([N+](=O)[O-])cc3N(C)c3ccccc3[C@@H]2C1. The second-order valence-electron chi connectivity index (χ2n) is 7.66. The van der Waals surface area contributed by atoms with Gasteiger partial charge in [-0.25, -0.2) is 0 Å². The Morgan fingerprint density at radius 2 is 2.00 bits per heavy atom. The predicted molar refractivity (Wildman–Crippen MR) is 111 cm³/mol. The second-order valence-corrected chi connectivity index (χ2v) is 7.66. The Morgan fingerprint density at radius 3 is 2.72 bits per heavy atom. The Kier molecular flexibility index (Phi) is 4.87. The van der Waals surface area contributed by atoms with E-state index in [0.717, 1.165) is 29.0 Å². The largest absolute Gasteiger partial charge is 0.384 e. The summed E-state index contributed by atoms with van der Waals surface area (Å²) in [7, 11) is 1.92. The molecule has 2 aliphatic heterocycles. The number of anilines is 3. The smallest absolute Gasteiger partial charge is 0.271 e. The van der Waals surface area contributed by atoms with E-state index in [9.17, 15) is 20.0 Å². The average molecular weight is 396 g/mol. The van der Waals surface area contributed by atoms with Crippen LogP contribution >= 0.6 is 0 Å². The van der Waals surface area contributed by atoms with Crippen molar-refractivity contribution in [1.29, 1.82) is 0 Å². The van der Waals surface area contributed by atoms with Crippen molar-refractivity contribution in [1.82, 2.24) is 5.32 Å². The Balaban J connectivity index is 1.77. The molecule has 0 spiro atoms. The first kappa shape index (κ1) is 19.2. The lowest BCUT2D eigenvalue weighted by atomic mass is 9.90. The lowest BCUT2D eigenvalue weighted by Crippen LogP contribution is -2.48. The molecule has 1 fully saturated rings. The fourth-order valence-electron chi connectivity index (χ4n) is 4.34. The van der Waals surface area contributed by atoms with Gasteiger partial charge in [0.25, 0.3) is 5.69 Å². The molecular weight excluding hydrogens is 372 g/mol. The van der Waals surface area contributed by atoms with Gasteiger partial charge < -0.3 is 20.2 Å². The molecule has 2 heterocycles. The number of aliphatic hydroxyl groups is 1. The maximum atomic E-state index is 12.0. The number of carbonyl (C=O) groups is 1. The zero-order chi connectivity index (χ0) is 20.7. The monoisotopic (exact) mass is 396 g/mol. The molecule has 2 aliphatic rings. The van der Waals surface area contributed by atoms with Crippen LogP contribution in [0.2, 0.25) is 0 Å². The number of amides is 1. The lowest BCUT2D eigenvalue weighted by Gasteiger charge is -2.41. The van der Waals surface area contributed by atoms with Crippen LogP contribution in [-0.4, -0.2) is 41.7 Å². The van der Waals surface area contributed by atoms with E-state index in [-0.39, 0.29) is 28.6 Å². The number of para-hydroxylation sites is 1. The molecule has 0 aromatic heterocycles. The standard InChI is InChI=1S/C21H24N4O4/c1-13(26)21(27)22-14-9-10-24-18-8-7-15(25(28)29)12-20(18)23(2)17-6-4-3-5-16(17)19(24)11-14/h3-8,12-14,19,26H,9-11H2,1-2H3,(H,22,27)/t13?,14-,19-/m0/s1. The van der Waals surface area contributed by atoms with Crippen molar-refractivity contribution in [2.24, 2.45) is 0 Å². The second kappa shape index (κ2) is 7.36. The van der Waals surface area contributed by atoms with E-state index in [2.05, 4.69) is 16.3 Å². The number of aliphatic hydroxyl groups excluding tert-OH is 1. The van der Waals surface area contributed by atoms with Gasteiger partial charge in [0.2, 0.25) is 5.91 Å². The number of hydrogen-bond acceptors (Lipinski definition) is 6. The first-order valence-corrected chi connectivity index (χ1v) is 9.73. The first-order valence-electron chi connectivity index (χ1n) is 9.73. The molecule has 29 heavy (non-hydrogen) atoms. The third-order valence-electron chi connectivity index (χ3n) is 5.83. The summed E-state index contributed by atoms with van der Waals surface area (Å²) in [5.41, 5.74) is 3.90. The summed E-state index contributed by atoms with van der Waals surface area (Å²) in [6, 6.07) is 13.0. The molecule has 2 aromatic carbocycles. The van der Waals surface area contributed by atoms with E-state index in [4.69, 9.17) is 0 Å². The normalized spacial score (nSPS) is 21.3. The van der Waals surface area contributed by atoms with E-state index in [0.29, 0.717) is 13.0 Å². The van der Waals surface area contributed by atoms with E-state index in [1.165, 1.54) is 6.92 Å². The highest BCUT2D eigenvalue weighted by Gasteiger charge is 2.37. The molecule has 152 valence electrons. The third-order valence-corrected chi connectivity index (χ3v) is 5.83. The number of hydrogen-bond donors (Lipinski definition) is 2. The molecular formula is C21H24N4O4. The van der Waals surface area contributed by atoms with E-state index >= 15 is 0 Å². The molecule has 8 nitrogen and oxygen atoms in total. The van der Waals surface area contributed by atoms with Gasteiger partial charge in [-0.15, -0.1) is 0 Å². The highest BCUT2D eigenvalue weighted by atomic mass is 16.6. The molecule has 1 amide bonds. The number of piperidine rings is 1.